The number of ether oxygens (including phenoxy) is 2. The summed E-state index contributed by atoms with van der Waals surface area (Å²) in [5.41, 5.74) is 4.11. The van der Waals surface area contributed by atoms with Gasteiger partial charge in [0.15, 0.2) is 17.3 Å². The number of Topliss-reactive ketones (excluding diaryl/α,β-unsaturated/α-hetero) is 1. The number of fused-ring (bicyclic) bond motifs is 1. The molecule has 0 radical (unpaired) electrons. The van der Waals surface area contributed by atoms with Crippen molar-refractivity contribution >= 4 is 5.78 Å². The van der Waals surface area contributed by atoms with E-state index in [1.165, 1.54) is 5.57 Å². The molecule has 1 fully saturated rings. The minimum Gasteiger partial charge on any atom is -0.493 e. The fraction of sp³-hybridized carbons (Fsp3) is 0.500. The molecule has 30 heavy (non-hydrogen) atoms. The van der Waals surface area contributed by atoms with E-state index in [1.54, 1.807) is 14.2 Å². The molecule has 1 saturated heterocycles. The van der Waals surface area contributed by atoms with Crippen molar-refractivity contribution in [3.63, 3.8) is 0 Å². The molecule has 4 nitrogen and oxygen atoms in total. The molecule has 0 amide bonds. The number of rotatable bonds is 6. The molecule has 1 heterocycles. The number of hydrogen-bond donors (Lipinski definition) is 0. The van der Waals surface area contributed by atoms with Crippen molar-refractivity contribution in [1.82, 2.24) is 4.90 Å². The van der Waals surface area contributed by atoms with E-state index in [1.807, 2.05) is 32.9 Å². The number of benzene rings is 1. The van der Waals surface area contributed by atoms with Crippen LogP contribution >= 0.6 is 0 Å². The zero-order valence-electron chi connectivity index (χ0n) is 19.5. The molecule has 2 aliphatic rings. The first-order valence-corrected chi connectivity index (χ1v) is 11.1. The van der Waals surface area contributed by atoms with Gasteiger partial charge < -0.3 is 9.47 Å². The standard InChI is InChI=1S/C24H31NO3.C2H6/c1-5-6-7-17(2)16-25-10-8-18(9-11-25)12-20-13-19-14-22(27-3)23(28-4)15-21(19)24(20)26;1-2/h5-7,12,14-15,18H,8-11,13,16H2,1-4H3;1-2H3/b6-5-,17-7+,20-12+;. The zero-order valence-corrected chi connectivity index (χ0v) is 19.5. The third kappa shape index (κ3) is 5.85. The van der Waals surface area contributed by atoms with Crippen LogP contribution in [0.1, 0.15) is 56.5 Å². The summed E-state index contributed by atoms with van der Waals surface area (Å²) in [6, 6.07) is 3.76. The maximum atomic E-state index is 12.9. The second-order valence-corrected chi connectivity index (χ2v) is 7.71. The van der Waals surface area contributed by atoms with Crippen LogP contribution < -0.4 is 9.47 Å². The summed E-state index contributed by atoms with van der Waals surface area (Å²) in [6.45, 7) is 11.4. The van der Waals surface area contributed by atoms with Crippen molar-refractivity contribution in [2.75, 3.05) is 33.9 Å². The van der Waals surface area contributed by atoms with E-state index in [0.717, 1.165) is 49.2 Å². The first-order valence-electron chi connectivity index (χ1n) is 11.1. The van der Waals surface area contributed by atoms with Crippen LogP contribution in [0.3, 0.4) is 0 Å². The average Bonchev–Trinajstić information content (AvgIpc) is 3.08. The number of likely N-dealkylation sites (tertiary alicyclic amines) is 1. The number of ketones is 1. The van der Waals surface area contributed by atoms with Gasteiger partial charge in [0.1, 0.15) is 0 Å². The lowest BCUT2D eigenvalue weighted by molar-refractivity contribution is 0.103. The van der Waals surface area contributed by atoms with E-state index in [-0.39, 0.29) is 5.78 Å². The minimum absolute atomic E-state index is 0.142. The molecule has 1 aliphatic heterocycles. The first-order chi connectivity index (χ1) is 14.5. The van der Waals surface area contributed by atoms with Gasteiger partial charge in [-0.3, -0.25) is 9.69 Å². The van der Waals surface area contributed by atoms with E-state index >= 15 is 0 Å². The number of methoxy groups -OCH3 is 2. The Labute approximate surface area is 182 Å². The number of carbonyl (C=O) groups excluding carboxylic acids is 1. The van der Waals surface area contributed by atoms with Crippen LogP contribution in [-0.2, 0) is 6.42 Å². The molecule has 1 aromatic rings. The predicted molar refractivity (Wildman–Crippen MR) is 125 cm³/mol. The van der Waals surface area contributed by atoms with Crippen LogP contribution in [0.2, 0.25) is 0 Å². The Bertz CT molecular complexity index is 812. The van der Waals surface area contributed by atoms with Gasteiger partial charge in [0.05, 0.1) is 14.2 Å². The van der Waals surface area contributed by atoms with E-state index < -0.39 is 0 Å². The van der Waals surface area contributed by atoms with Crippen LogP contribution in [0.4, 0.5) is 0 Å². The van der Waals surface area contributed by atoms with Crippen LogP contribution in [-0.4, -0.2) is 44.5 Å². The third-order valence-electron chi connectivity index (χ3n) is 5.64. The van der Waals surface area contributed by atoms with Crippen molar-refractivity contribution in [2.24, 2.45) is 5.92 Å². The van der Waals surface area contributed by atoms with Gasteiger partial charge in [0.25, 0.3) is 0 Å². The summed E-state index contributed by atoms with van der Waals surface area (Å²) in [4.78, 5) is 15.4. The fourth-order valence-corrected chi connectivity index (χ4v) is 4.10. The van der Waals surface area contributed by atoms with Gasteiger partial charge in [-0.15, -0.1) is 0 Å². The molecule has 1 aromatic carbocycles. The number of allylic oxidation sites excluding steroid dienone is 5. The lowest BCUT2D eigenvalue weighted by Crippen LogP contribution is -2.34. The number of carbonyl (C=O) groups is 1. The molecule has 1 aliphatic carbocycles. The first kappa shape index (κ1) is 23.9. The SMILES string of the molecule is C/C=C\C=C(/C)CN1CCC(/C=C2\Cc3cc(OC)c(OC)cc3C2=O)CC1.CC. The average molecular weight is 412 g/mol. The van der Waals surface area contributed by atoms with E-state index in [2.05, 4.69) is 36.1 Å². The summed E-state index contributed by atoms with van der Waals surface area (Å²) >= 11 is 0. The third-order valence-corrected chi connectivity index (χ3v) is 5.64. The van der Waals surface area contributed by atoms with Crippen LogP contribution in [0, 0.1) is 5.92 Å². The summed E-state index contributed by atoms with van der Waals surface area (Å²) in [6.07, 6.45) is 11.5. The predicted octanol–water partition coefficient (Wildman–Crippen LogP) is 5.63. The summed E-state index contributed by atoms with van der Waals surface area (Å²) in [5, 5.41) is 0. The molecule has 164 valence electrons. The normalized spacial score (nSPS) is 19.1. The molecule has 0 atom stereocenters. The monoisotopic (exact) mass is 411 g/mol. The van der Waals surface area contributed by atoms with Crippen molar-refractivity contribution in [3.8, 4) is 11.5 Å². The van der Waals surface area contributed by atoms with E-state index in [9.17, 15) is 4.79 Å². The quantitative estimate of drug-likeness (QED) is 0.449. The second kappa shape index (κ2) is 11.8. The van der Waals surface area contributed by atoms with Crippen LogP contribution in [0.15, 0.2) is 47.6 Å². The van der Waals surface area contributed by atoms with Crippen molar-refractivity contribution in [1.29, 1.82) is 0 Å². The van der Waals surface area contributed by atoms with E-state index in [0.29, 0.717) is 23.8 Å². The van der Waals surface area contributed by atoms with Crippen molar-refractivity contribution in [2.45, 2.75) is 47.0 Å². The molecule has 0 spiro atoms. The van der Waals surface area contributed by atoms with Crippen LogP contribution in [0.5, 0.6) is 11.5 Å². The van der Waals surface area contributed by atoms with Gasteiger partial charge in [-0.05, 0) is 63.4 Å². The summed E-state index contributed by atoms with van der Waals surface area (Å²) in [7, 11) is 3.23. The van der Waals surface area contributed by atoms with Gasteiger partial charge in [-0.2, -0.15) is 0 Å². The lowest BCUT2D eigenvalue weighted by Gasteiger charge is -2.31. The minimum atomic E-state index is 0.142. The molecule has 4 heteroatoms. The smallest absolute Gasteiger partial charge is 0.189 e. The topological polar surface area (TPSA) is 38.8 Å². The largest absolute Gasteiger partial charge is 0.493 e. The molecule has 0 bridgehead atoms. The van der Waals surface area contributed by atoms with Crippen molar-refractivity contribution in [3.05, 3.63) is 58.7 Å². The number of hydrogen-bond acceptors (Lipinski definition) is 4. The van der Waals surface area contributed by atoms with Gasteiger partial charge >= 0.3 is 0 Å². The Morgan fingerprint density at radius 3 is 2.37 bits per heavy atom. The maximum absolute atomic E-state index is 12.9. The van der Waals surface area contributed by atoms with Crippen LogP contribution in [0.25, 0.3) is 0 Å². The van der Waals surface area contributed by atoms with Gasteiger partial charge in [0, 0.05) is 24.1 Å². The highest BCUT2D eigenvalue weighted by Crippen LogP contribution is 2.37. The summed E-state index contributed by atoms with van der Waals surface area (Å²) in [5.74, 6) is 1.92. The highest BCUT2D eigenvalue weighted by atomic mass is 16.5. The van der Waals surface area contributed by atoms with Crippen molar-refractivity contribution < 1.29 is 14.3 Å². The Kier molecular flexibility index (Phi) is 9.38. The molecule has 0 saturated carbocycles. The fourth-order valence-electron chi connectivity index (χ4n) is 4.10. The highest BCUT2D eigenvalue weighted by Gasteiger charge is 2.28. The van der Waals surface area contributed by atoms with Gasteiger partial charge in [-0.25, -0.2) is 0 Å². The molecular weight excluding hydrogens is 374 g/mol. The Morgan fingerprint density at radius 2 is 1.77 bits per heavy atom. The Balaban J connectivity index is 0.00000155. The summed E-state index contributed by atoms with van der Waals surface area (Å²) < 4.78 is 10.7. The molecule has 3 rings (SSSR count). The second-order valence-electron chi connectivity index (χ2n) is 7.71. The molecular formula is C26H37NO3. The molecule has 0 unspecified atom stereocenters. The van der Waals surface area contributed by atoms with Gasteiger partial charge in [0.2, 0.25) is 0 Å². The molecule has 0 aromatic heterocycles. The number of nitrogens with zero attached hydrogens (tertiary/aromatic N) is 1. The maximum Gasteiger partial charge on any atom is 0.189 e. The Morgan fingerprint density at radius 1 is 1.13 bits per heavy atom. The lowest BCUT2D eigenvalue weighted by atomic mass is 9.93. The zero-order chi connectivity index (χ0) is 22.1. The number of piperidine rings is 1. The highest BCUT2D eigenvalue weighted by molar-refractivity contribution is 6.13. The van der Waals surface area contributed by atoms with E-state index in [4.69, 9.17) is 9.47 Å². The Hall–Kier alpha value is -2.33. The molecule has 0 N–H and O–H groups in total. The van der Waals surface area contributed by atoms with Gasteiger partial charge in [-0.1, -0.05) is 43.7 Å².